The summed E-state index contributed by atoms with van der Waals surface area (Å²) in [5.74, 6) is 0.512. The smallest absolute Gasteiger partial charge is 0.0781 e. The molecule has 19 heavy (non-hydrogen) atoms. The normalized spacial score (nSPS) is 27.2. The standard InChI is InChI=1S/C15H30O4/c1-4-18-13(3)10-19-12(2)9-17-11-14-6-5-7-15(16)8-14/h12-16H,4-11H2,1-3H3. The van der Waals surface area contributed by atoms with Crippen LogP contribution in [0, 0.1) is 5.92 Å². The molecule has 0 radical (unpaired) electrons. The number of ether oxygens (including phenoxy) is 3. The first kappa shape index (κ1) is 16.9. The molecular weight excluding hydrogens is 244 g/mol. The Morgan fingerprint density at radius 2 is 1.84 bits per heavy atom. The van der Waals surface area contributed by atoms with Gasteiger partial charge in [-0.15, -0.1) is 0 Å². The Hall–Kier alpha value is -0.160. The number of hydrogen-bond donors (Lipinski definition) is 1. The highest BCUT2D eigenvalue weighted by atomic mass is 16.6. The van der Waals surface area contributed by atoms with Crippen molar-refractivity contribution < 1.29 is 19.3 Å². The van der Waals surface area contributed by atoms with Crippen LogP contribution in [0.2, 0.25) is 0 Å². The van der Waals surface area contributed by atoms with E-state index in [0.29, 0.717) is 19.1 Å². The van der Waals surface area contributed by atoms with Gasteiger partial charge in [0, 0.05) is 13.2 Å². The zero-order valence-electron chi connectivity index (χ0n) is 12.6. The fourth-order valence-electron chi connectivity index (χ4n) is 2.50. The van der Waals surface area contributed by atoms with Gasteiger partial charge in [-0.2, -0.15) is 0 Å². The lowest BCUT2D eigenvalue weighted by Gasteiger charge is -2.26. The first-order chi connectivity index (χ1) is 9.11. The minimum Gasteiger partial charge on any atom is -0.393 e. The van der Waals surface area contributed by atoms with E-state index in [0.717, 1.165) is 32.5 Å². The van der Waals surface area contributed by atoms with Crippen molar-refractivity contribution in [1.82, 2.24) is 0 Å². The molecule has 0 spiro atoms. The molecule has 114 valence electrons. The molecule has 0 aromatic rings. The highest BCUT2D eigenvalue weighted by Gasteiger charge is 2.20. The lowest BCUT2D eigenvalue weighted by atomic mass is 9.88. The molecule has 0 amide bonds. The van der Waals surface area contributed by atoms with Gasteiger partial charge in [-0.25, -0.2) is 0 Å². The summed E-state index contributed by atoms with van der Waals surface area (Å²) >= 11 is 0. The van der Waals surface area contributed by atoms with Crippen molar-refractivity contribution in [2.75, 3.05) is 26.4 Å². The van der Waals surface area contributed by atoms with Crippen LogP contribution >= 0.6 is 0 Å². The number of rotatable bonds is 9. The molecule has 4 nitrogen and oxygen atoms in total. The van der Waals surface area contributed by atoms with Crippen LogP contribution in [0.3, 0.4) is 0 Å². The summed E-state index contributed by atoms with van der Waals surface area (Å²) in [5.41, 5.74) is 0. The van der Waals surface area contributed by atoms with E-state index in [9.17, 15) is 5.11 Å². The fraction of sp³-hybridized carbons (Fsp3) is 1.00. The molecule has 0 aliphatic heterocycles. The maximum Gasteiger partial charge on any atom is 0.0781 e. The Balaban J connectivity index is 2.01. The van der Waals surface area contributed by atoms with Crippen LogP contribution in [0.25, 0.3) is 0 Å². The summed E-state index contributed by atoms with van der Waals surface area (Å²) in [6, 6.07) is 0. The highest BCUT2D eigenvalue weighted by molar-refractivity contribution is 4.71. The minimum atomic E-state index is -0.122. The summed E-state index contributed by atoms with van der Waals surface area (Å²) in [4.78, 5) is 0. The van der Waals surface area contributed by atoms with Gasteiger partial charge in [-0.3, -0.25) is 0 Å². The van der Waals surface area contributed by atoms with E-state index in [1.807, 2.05) is 20.8 Å². The Morgan fingerprint density at radius 3 is 2.53 bits per heavy atom. The second kappa shape index (κ2) is 9.70. The van der Waals surface area contributed by atoms with E-state index in [1.54, 1.807) is 0 Å². The van der Waals surface area contributed by atoms with Gasteiger partial charge in [0.1, 0.15) is 0 Å². The molecule has 4 unspecified atom stereocenters. The van der Waals surface area contributed by atoms with Crippen molar-refractivity contribution >= 4 is 0 Å². The molecular formula is C15H30O4. The van der Waals surface area contributed by atoms with E-state index >= 15 is 0 Å². The van der Waals surface area contributed by atoms with Gasteiger partial charge in [0.15, 0.2) is 0 Å². The molecule has 1 aliphatic carbocycles. The van der Waals surface area contributed by atoms with Gasteiger partial charge in [0.25, 0.3) is 0 Å². The SMILES string of the molecule is CCOC(C)COC(C)COCC1CCCC(O)C1. The Morgan fingerprint density at radius 1 is 1.11 bits per heavy atom. The molecule has 4 heteroatoms. The molecule has 4 atom stereocenters. The van der Waals surface area contributed by atoms with Crippen LogP contribution in [0.15, 0.2) is 0 Å². The van der Waals surface area contributed by atoms with Gasteiger partial charge >= 0.3 is 0 Å². The molecule has 0 saturated heterocycles. The second-order valence-electron chi connectivity index (χ2n) is 5.63. The Kier molecular flexibility index (Phi) is 8.62. The summed E-state index contributed by atoms with van der Waals surface area (Å²) in [6.45, 7) is 8.72. The monoisotopic (exact) mass is 274 g/mol. The number of aliphatic hydroxyl groups is 1. The van der Waals surface area contributed by atoms with Crippen LogP contribution in [-0.4, -0.2) is 49.8 Å². The zero-order valence-corrected chi connectivity index (χ0v) is 12.6. The van der Waals surface area contributed by atoms with E-state index in [4.69, 9.17) is 14.2 Å². The highest BCUT2D eigenvalue weighted by Crippen LogP contribution is 2.24. The minimum absolute atomic E-state index is 0.0939. The van der Waals surface area contributed by atoms with Crippen molar-refractivity contribution in [2.45, 2.75) is 64.8 Å². The predicted octanol–water partition coefficient (Wildman–Crippen LogP) is 2.38. The molecule has 1 rings (SSSR count). The van der Waals surface area contributed by atoms with Crippen LogP contribution in [-0.2, 0) is 14.2 Å². The average Bonchev–Trinajstić information content (AvgIpc) is 2.37. The lowest BCUT2D eigenvalue weighted by Crippen LogP contribution is -2.26. The summed E-state index contributed by atoms with van der Waals surface area (Å²) in [7, 11) is 0. The van der Waals surface area contributed by atoms with Crippen molar-refractivity contribution in [3.63, 3.8) is 0 Å². The summed E-state index contributed by atoms with van der Waals surface area (Å²) < 4.78 is 16.8. The molecule has 1 N–H and O–H groups in total. The third-order valence-corrected chi connectivity index (χ3v) is 3.53. The number of aliphatic hydroxyl groups excluding tert-OH is 1. The first-order valence-corrected chi connectivity index (χ1v) is 7.60. The Labute approximate surface area is 117 Å². The van der Waals surface area contributed by atoms with Gasteiger partial charge in [0.05, 0.1) is 31.5 Å². The maximum atomic E-state index is 9.59. The molecule has 0 aromatic heterocycles. The summed E-state index contributed by atoms with van der Waals surface area (Å²) in [5, 5.41) is 9.59. The van der Waals surface area contributed by atoms with Crippen molar-refractivity contribution in [2.24, 2.45) is 5.92 Å². The van der Waals surface area contributed by atoms with Crippen LogP contribution in [0.1, 0.15) is 46.5 Å². The molecule has 1 saturated carbocycles. The second-order valence-corrected chi connectivity index (χ2v) is 5.63. The van der Waals surface area contributed by atoms with E-state index < -0.39 is 0 Å². The van der Waals surface area contributed by atoms with Gasteiger partial charge < -0.3 is 19.3 Å². The van der Waals surface area contributed by atoms with E-state index in [-0.39, 0.29) is 18.3 Å². The number of hydrogen-bond acceptors (Lipinski definition) is 4. The zero-order chi connectivity index (χ0) is 14.1. The van der Waals surface area contributed by atoms with Gasteiger partial charge in [-0.05, 0) is 46.0 Å². The van der Waals surface area contributed by atoms with Crippen LogP contribution < -0.4 is 0 Å². The van der Waals surface area contributed by atoms with E-state index in [2.05, 4.69) is 0 Å². The third-order valence-electron chi connectivity index (χ3n) is 3.53. The quantitative estimate of drug-likeness (QED) is 0.701. The van der Waals surface area contributed by atoms with Crippen molar-refractivity contribution in [1.29, 1.82) is 0 Å². The molecule has 0 aromatic carbocycles. The predicted molar refractivity (Wildman–Crippen MR) is 75.3 cm³/mol. The van der Waals surface area contributed by atoms with Crippen molar-refractivity contribution in [3.8, 4) is 0 Å². The largest absolute Gasteiger partial charge is 0.393 e. The topological polar surface area (TPSA) is 47.9 Å². The first-order valence-electron chi connectivity index (χ1n) is 7.60. The molecule has 0 bridgehead atoms. The third kappa shape index (κ3) is 7.88. The average molecular weight is 274 g/mol. The van der Waals surface area contributed by atoms with Crippen molar-refractivity contribution in [3.05, 3.63) is 0 Å². The maximum absolute atomic E-state index is 9.59. The van der Waals surface area contributed by atoms with E-state index in [1.165, 1.54) is 6.42 Å². The Bertz CT molecular complexity index is 222. The van der Waals surface area contributed by atoms with Crippen LogP contribution in [0.4, 0.5) is 0 Å². The lowest BCUT2D eigenvalue weighted by molar-refractivity contribution is -0.0616. The molecule has 1 fully saturated rings. The summed E-state index contributed by atoms with van der Waals surface area (Å²) in [6.07, 6.45) is 4.24. The molecule has 1 aliphatic rings. The van der Waals surface area contributed by atoms with Gasteiger partial charge in [-0.1, -0.05) is 6.42 Å². The fourth-order valence-corrected chi connectivity index (χ4v) is 2.50. The van der Waals surface area contributed by atoms with Gasteiger partial charge in [0.2, 0.25) is 0 Å². The molecule has 0 heterocycles. The van der Waals surface area contributed by atoms with Crippen LogP contribution in [0.5, 0.6) is 0 Å².